The summed E-state index contributed by atoms with van der Waals surface area (Å²) in [5, 5.41) is 13.6. The van der Waals surface area contributed by atoms with Crippen molar-refractivity contribution in [1.82, 2.24) is 0 Å². The van der Waals surface area contributed by atoms with Crippen LogP contribution in [0.1, 0.15) is 57.6 Å². The fourth-order valence-electron chi connectivity index (χ4n) is 4.05. The third kappa shape index (κ3) is 4.08. The van der Waals surface area contributed by atoms with Crippen LogP contribution < -0.4 is 0 Å². The van der Waals surface area contributed by atoms with Gasteiger partial charge in [-0.1, -0.05) is 74.0 Å². The van der Waals surface area contributed by atoms with Gasteiger partial charge in [0, 0.05) is 25.8 Å². The van der Waals surface area contributed by atoms with Crippen molar-refractivity contribution in [2.75, 3.05) is 0 Å². The lowest BCUT2D eigenvalue weighted by molar-refractivity contribution is -0.679. The van der Waals surface area contributed by atoms with Crippen molar-refractivity contribution in [3.05, 3.63) is 82.8 Å². The van der Waals surface area contributed by atoms with Crippen LogP contribution in [-0.2, 0) is 19.0 Å². The molecule has 1 fully saturated rings. The lowest BCUT2D eigenvalue weighted by atomic mass is 9.94. The number of cyclic esters (lactones) is 1. The average Bonchev–Trinajstić information content (AvgIpc) is 2.97. The van der Waals surface area contributed by atoms with Gasteiger partial charge in [0.2, 0.25) is 17.3 Å². The van der Waals surface area contributed by atoms with Gasteiger partial charge in [-0.2, -0.15) is 0 Å². The minimum atomic E-state index is -1.77. The van der Waals surface area contributed by atoms with Crippen LogP contribution in [-0.4, -0.2) is 28.1 Å². The van der Waals surface area contributed by atoms with E-state index in [-0.39, 0.29) is 6.42 Å². The van der Waals surface area contributed by atoms with Crippen molar-refractivity contribution in [3.63, 3.8) is 0 Å². The SMILES string of the molecule is CCCCC1=[N+]([O-])[C@@]2(CC(=O)OC(C)(C)O2)OC1=C(c1ccccc1)c1ccccc1. The Balaban J connectivity index is 1.94. The Morgan fingerprint density at radius 2 is 1.58 bits per heavy atom. The maximum absolute atomic E-state index is 13.6. The number of hydrogen-bond donors (Lipinski definition) is 0. The van der Waals surface area contributed by atoms with Crippen LogP contribution in [0.3, 0.4) is 0 Å². The number of hydroxylamine groups is 1. The van der Waals surface area contributed by atoms with Gasteiger partial charge in [-0.25, -0.2) is 4.74 Å². The molecule has 2 aromatic carbocycles. The number of allylic oxidation sites excluding steroid dienone is 1. The zero-order valence-electron chi connectivity index (χ0n) is 18.1. The molecule has 162 valence electrons. The van der Waals surface area contributed by atoms with Crippen LogP contribution in [0.4, 0.5) is 0 Å². The van der Waals surface area contributed by atoms with Gasteiger partial charge in [-0.05, 0) is 17.5 Å². The van der Waals surface area contributed by atoms with E-state index >= 15 is 0 Å². The van der Waals surface area contributed by atoms with Crippen molar-refractivity contribution in [3.8, 4) is 0 Å². The van der Waals surface area contributed by atoms with Crippen molar-refractivity contribution < 1.29 is 23.7 Å². The lowest BCUT2D eigenvalue weighted by Crippen LogP contribution is -2.55. The molecule has 6 heteroatoms. The maximum atomic E-state index is 13.6. The van der Waals surface area contributed by atoms with Gasteiger partial charge >= 0.3 is 11.9 Å². The summed E-state index contributed by atoms with van der Waals surface area (Å²) in [4.78, 5) is 12.3. The minimum absolute atomic E-state index is 0.310. The molecule has 0 N–H and O–H groups in total. The first kappa shape index (κ1) is 21.1. The molecule has 1 saturated heterocycles. The van der Waals surface area contributed by atoms with Gasteiger partial charge in [0.15, 0.2) is 6.42 Å². The van der Waals surface area contributed by atoms with Gasteiger partial charge in [-0.15, -0.1) is 4.74 Å². The molecule has 2 aromatic rings. The van der Waals surface area contributed by atoms with Gasteiger partial charge in [0.1, 0.15) is 0 Å². The summed E-state index contributed by atoms with van der Waals surface area (Å²) < 4.78 is 18.3. The molecule has 4 rings (SSSR count). The first-order valence-electron chi connectivity index (χ1n) is 10.6. The fourth-order valence-corrected chi connectivity index (χ4v) is 4.05. The van der Waals surface area contributed by atoms with E-state index in [1.807, 2.05) is 60.7 Å². The number of benzene rings is 2. The molecule has 1 spiro atoms. The molecule has 0 amide bonds. The molecule has 2 heterocycles. The van der Waals surface area contributed by atoms with Gasteiger partial charge in [0.25, 0.3) is 0 Å². The number of carbonyl (C=O) groups excluding carboxylic acids is 1. The maximum Gasteiger partial charge on any atom is 0.453 e. The highest BCUT2D eigenvalue weighted by Gasteiger charge is 2.61. The first-order valence-corrected chi connectivity index (χ1v) is 10.6. The number of unbranched alkanes of at least 4 members (excludes halogenated alkanes) is 1. The highest BCUT2D eigenvalue weighted by Crippen LogP contribution is 2.42. The second-order valence-corrected chi connectivity index (χ2v) is 8.25. The molecule has 2 aliphatic rings. The van der Waals surface area contributed by atoms with Crippen LogP contribution >= 0.6 is 0 Å². The summed E-state index contributed by atoms with van der Waals surface area (Å²) in [6.45, 7) is 5.27. The average molecular weight is 421 g/mol. The van der Waals surface area contributed by atoms with Crippen LogP contribution in [0.2, 0.25) is 0 Å². The van der Waals surface area contributed by atoms with Crippen LogP contribution in [0.5, 0.6) is 0 Å². The molecule has 0 radical (unpaired) electrons. The van der Waals surface area contributed by atoms with E-state index in [1.165, 1.54) is 0 Å². The molecule has 0 aromatic heterocycles. The van der Waals surface area contributed by atoms with Crippen LogP contribution in [0.15, 0.2) is 66.4 Å². The van der Waals surface area contributed by atoms with E-state index < -0.39 is 17.7 Å². The summed E-state index contributed by atoms with van der Waals surface area (Å²) in [6, 6.07) is 19.6. The zero-order chi connectivity index (χ0) is 22.1. The van der Waals surface area contributed by atoms with Crippen LogP contribution in [0.25, 0.3) is 5.57 Å². The number of rotatable bonds is 5. The number of esters is 1. The van der Waals surface area contributed by atoms with Gasteiger partial charge < -0.3 is 14.7 Å². The minimum Gasteiger partial charge on any atom is -0.619 e. The normalized spacial score (nSPS) is 22.4. The standard InChI is InChI=1S/C25H27NO5/c1-4-5-16-20-23(30-25(26(20)28)17-21(27)29-24(2,3)31-25)22(18-12-8-6-9-13-18)19-14-10-7-11-15-19/h6-15H,4-5,16-17H2,1-3H3/t25-/m0/s1. The van der Waals surface area contributed by atoms with E-state index in [1.54, 1.807) is 13.8 Å². The Morgan fingerprint density at radius 3 is 2.10 bits per heavy atom. The second kappa shape index (κ2) is 8.19. The number of ether oxygens (including phenoxy) is 3. The smallest absolute Gasteiger partial charge is 0.453 e. The van der Waals surface area contributed by atoms with Crippen LogP contribution in [0, 0.1) is 5.21 Å². The van der Waals surface area contributed by atoms with E-state index in [0.717, 1.165) is 34.3 Å². The largest absolute Gasteiger partial charge is 0.619 e. The van der Waals surface area contributed by atoms with Crippen molar-refractivity contribution in [2.24, 2.45) is 0 Å². The third-order valence-electron chi connectivity index (χ3n) is 5.33. The van der Waals surface area contributed by atoms with E-state index in [0.29, 0.717) is 17.9 Å². The van der Waals surface area contributed by atoms with Gasteiger partial charge in [-0.3, -0.25) is 4.79 Å². The third-order valence-corrected chi connectivity index (χ3v) is 5.33. The Kier molecular flexibility index (Phi) is 5.58. The predicted molar refractivity (Wildman–Crippen MR) is 117 cm³/mol. The molecule has 6 nitrogen and oxygen atoms in total. The highest BCUT2D eigenvalue weighted by molar-refractivity contribution is 6.05. The van der Waals surface area contributed by atoms with Crippen molar-refractivity contribution in [2.45, 2.75) is 58.2 Å². The molecular weight excluding hydrogens is 394 g/mol. The van der Waals surface area contributed by atoms with Gasteiger partial charge in [0.05, 0.1) is 0 Å². The molecule has 0 saturated carbocycles. The van der Waals surface area contributed by atoms with Crippen molar-refractivity contribution >= 4 is 17.3 Å². The molecule has 1 atom stereocenters. The summed E-state index contributed by atoms with van der Waals surface area (Å²) in [7, 11) is 0. The Labute approximate surface area is 182 Å². The quantitative estimate of drug-likeness (QED) is 0.387. The summed E-state index contributed by atoms with van der Waals surface area (Å²) >= 11 is 0. The monoisotopic (exact) mass is 421 g/mol. The molecule has 0 bridgehead atoms. The second-order valence-electron chi connectivity index (χ2n) is 8.25. The number of nitrogens with zero attached hydrogens (tertiary/aromatic N) is 1. The molecular formula is C25H27NO5. The Bertz CT molecular complexity index is 985. The summed E-state index contributed by atoms with van der Waals surface area (Å²) in [5.74, 6) is -3.13. The Morgan fingerprint density at radius 1 is 1.00 bits per heavy atom. The molecule has 31 heavy (non-hydrogen) atoms. The predicted octanol–water partition coefficient (Wildman–Crippen LogP) is 4.97. The van der Waals surface area contributed by atoms with Crippen molar-refractivity contribution in [1.29, 1.82) is 0 Å². The summed E-state index contributed by atoms with van der Waals surface area (Å²) in [6.07, 6.45) is 1.93. The Hall–Kier alpha value is -3.12. The summed E-state index contributed by atoms with van der Waals surface area (Å²) in [5.41, 5.74) is 3.11. The van der Waals surface area contributed by atoms with E-state index in [4.69, 9.17) is 14.2 Å². The highest BCUT2D eigenvalue weighted by atomic mass is 16.8. The van der Waals surface area contributed by atoms with E-state index in [9.17, 15) is 10.0 Å². The lowest BCUT2D eigenvalue weighted by Gasteiger charge is -2.37. The van der Waals surface area contributed by atoms with E-state index in [2.05, 4.69) is 6.92 Å². The fraction of sp³-hybridized carbons (Fsp3) is 0.360. The molecule has 0 unspecified atom stereocenters. The zero-order valence-corrected chi connectivity index (χ0v) is 18.1. The first-order chi connectivity index (χ1) is 14.9. The number of carbonyl (C=O) groups is 1. The number of hydrogen-bond acceptors (Lipinski definition) is 5. The topological polar surface area (TPSA) is 70.8 Å². The molecule has 2 aliphatic heterocycles. The molecule has 0 aliphatic carbocycles.